The SMILES string of the molecule is CN(c1ncc(Cl)cn1)C1CCN(C2CCCNC2=O)CC1. The molecule has 7 heteroatoms. The number of nitrogens with zero attached hydrogens (tertiary/aromatic N) is 4. The van der Waals surface area contributed by atoms with Gasteiger partial charge in [-0.2, -0.15) is 0 Å². The van der Waals surface area contributed by atoms with Crippen molar-refractivity contribution in [1.29, 1.82) is 0 Å². The van der Waals surface area contributed by atoms with E-state index in [-0.39, 0.29) is 11.9 Å². The van der Waals surface area contributed by atoms with Gasteiger partial charge in [-0.05, 0) is 25.7 Å². The van der Waals surface area contributed by atoms with Crippen molar-refractivity contribution >= 4 is 23.5 Å². The molecule has 120 valence electrons. The maximum atomic E-state index is 12.0. The molecule has 3 heterocycles. The van der Waals surface area contributed by atoms with Crippen LogP contribution in [0.15, 0.2) is 12.4 Å². The van der Waals surface area contributed by atoms with Crippen LogP contribution < -0.4 is 10.2 Å². The molecule has 1 N–H and O–H groups in total. The highest BCUT2D eigenvalue weighted by Crippen LogP contribution is 2.23. The van der Waals surface area contributed by atoms with E-state index in [1.165, 1.54) is 0 Å². The quantitative estimate of drug-likeness (QED) is 0.908. The molecular weight excluding hydrogens is 302 g/mol. The molecule has 0 saturated carbocycles. The zero-order chi connectivity index (χ0) is 15.5. The van der Waals surface area contributed by atoms with E-state index in [0.717, 1.165) is 45.3 Å². The van der Waals surface area contributed by atoms with E-state index < -0.39 is 0 Å². The molecule has 2 saturated heterocycles. The molecular formula is C15H22ClN5O. The van der Waals surface area contributed by atoms with Gasteiger partial charge in [-0.3, -0.25) is 9.69 Å². The zero-order valence-electron chi connectivity index (χ0n) is 12.8. The molecule has 0 radical (unpaired) electrons. The lowest BCUT2D eigenvalue weighted by Crippen LogP contribution is -2.54. The van der Waals surface area contributed by atoms with Gasteiger partial charge >= 0.3 is 0 Å². The van der Waals surface area contributed by atoms with Crippen LogP contribution in [0.3, 0.4) is 0 Å². The minimum absolute atomic E-state index is 0.0618. The van der Waals surface area contributed by atoms with Gasteiger partial charge in [-0.1, -0.05) is 11.6 Å². The third-order valence-corrected chi connectivity index (χ3v) is 4.86. The highest BCUT2D eigenvalue weighted by Gasteiger charge is 2.32. The number of carbonyl (C=O) groups is 1. The largest absolute Gasteiger partial charge is 0.355 e. The first kappa shape index (κ1) is 15.5. The number of likely N-dealkylation sites (tertiary alicyclic amines) is 1. The van der Waals surface area contributed by atoms with Gasteiger partial charge in [0.25, 0.3) is 0 Å². The third kappa shape index (κ3) is 3.33. The Kier molecular flexibility index (Phi) is 4.78. The van der Waals surface area contributed by atoms with E-state index in [9.17, 15) is 4.79 Å². The fourth-order valence-electron chi connectivity index (χ4n) is 3.34. The molecule has 0 aromatic carbocycles. The summed E-state index contributed by atoms with van der Waals surface area (Å²) in [6.45, 7) is 2.71. The smallest absolute Gasteiger partial charge is 0.237 e. The summed E-state index contributed by atoms with van der Waals surface area (Å²) in [7, 11) is 2.02. The maximum Gasteiger partial charge on any atom is 0.237 e. The molecule has 2 aliphatic heterocycles. The molecule has 22 heavy (non-hydrogen) atoms. The Balaban J connectivity index is 1.57. The van der Waals surface area contributed by atoms with Crippen molar-refractivity contribution < 1.29 is 4.79 Å². The van der Waals surface area contributed by atoms with Crippen LogP contribution in [0.2, 0.25) is 5.02 Å². The number of aromatic nitrogens is 2. The topological polar surface area (TPSA) is 61.4 Å². The Labute approximate surface area is 135 Å². The van der Waals surface area contributed by atoms with E-state index in [0.29, 0.717) is 17.0 Å². The summed E-state index contributed by atoms with van der Waals surface area (Å²) in [4.78, 5) is 25.0. The third-order valence-electron chi connectivity index (χ3n) is 4.67. The number of hydrogen-bond acceptors (Lipinski definition) is 5. The molecule has 1 aromatic rings. The van der Waals surface area contributed by atoms with Gasteiger partial charge in [0.15, 0.2) is 0 Å². The standard InChI is InChI=1S/C15H22ClN5O/c1-20(15-18-9-11(16)10-19-15)12-4-7-21(8-5-12)13-3-2-6-17-14(13)22/h9-10,12-13H,2-8H2,1H3,(H,17,22). The molecule has 0 spiro atoms. The lowest BCUT2D eigenvalue weighted by Gasteiger charge is -2.40. The van der Waals surface area contributed by atoms with E-state index in [1.807, 2.05) is 7.05 Å². The predicted molar refractivity (Wildman–Crippen MR) is 86.1 cm³/mol. The van der Waals surface area contributed by atoms with Crippen molar-refractivity contribution in [2.45, 2.75) is 37.8 Å². The molecule has 1 unspecified atom stereocenters. The van der Waals surface area contributed by atoms with Crippen LogP contribution in [0.4, 0.5) is 5.95 Å². The van der Waals surface area contributed by atoms with Crippen LogP contribution in [-0.2, 0) is 4.79 Å². The summed E-state index contributed by atoms with van der Waals surface area (Å²) in [5, 5.41) is 3.52. The normalized spacial score (nSPS) is 24.1. The number of carbonyl (C=O) groups excluding carboxylic acids is 1. The predicted octanol–water partition coefficient (Wildman–Crippen LogP) is 1.31. The van der Waals surface area contributed by atoms with Crippen molar-refractivity contribution in [2.24, 2.45) is 0 Å². The second kappa shape index (κ2) is 6.79. The highest BCUT2D eigenvalue weighted by molar-refractivity contribution is 6.30. The number of nitrogens with one attached hydrogen (secondary N) is 1. The molecule has 1 atom stereocenters. The molecule has 6 nitrogen and oxygen atoms in total. The van der Waals surface area contributed by atoms with E-state index >= 15 is 0 Å². The summed E-state index contributed by atoms with van der Waals surface area (Å²) in [6, 6.07) is 0.468. The molecule has 1 amide bonds. The summed E-state index contributed by atoms with van der Waals surface area (Å²) in [5.74, 6) is 0.900. The lowest BCUT2D eigenvalue weighted by molar-refractivity contribution is -0.128. The fourth-order valence-corrected chi connectivity index (χ4v) is 3.44. The Bertz CT molecular complexity index is 515. The number of anilines is 1. The summed E-state index contributed by atoms with van der Waals surface area (Å²) >= 11 is 5.83. The van der Waals surface area contributed by atoms with Gasteiger partial charge in [0, 0.05) is 32.7 Å². The molecule has 0 aliphatic carbocycles. The average molecular weight is 324 g/mol. The number of amides is 1. The van der Waals surface area contributed by atoms with Gasteiger partial charge in [0.05, 0.1) is 23.5 Å². The summed E-state index contributed by atoms with van der Waals surface area (Å²) in [6.07, 6.45) is 7.35. The first-order valence-electron chi connectivity index (χ1n) is 7.87. The maximum absolute atomic E-state index is 12.0. The first-order chi connectivity index (χ1) is 10.6. The highest BCUT2D eigenvalue weighted by atomic mass is 35.5. The fraction of sp³-hybridized carbons (Fsp3) is 0.667. The minimum Gasteiger partial charge on any atom is -0.355 e. The lowest BCUT2D eigenvalue weighted by atomic mass is 9.98. The summed E-state index contributed by atoms with van der Waals surface area (Å²) in [5.41, 5.74) is 0. The summed E-state index contributed by atoms with van der Waals surface area (Å²) < 4.78 is 0. The Morgan fingerprint density at radius 1 is 1.27 bits per heavy atom. The van der Waals surface area contributed by atoms with Crippen LogP contribution in [0.5, 0.6) is 0 Å². The molecule has 1 aromatic heterocycles. The zero-order valence-corrected chi connectivity index (χ0v) is 13.6. The van der Waals surface area contributed by atoms with Crippen LogP contribution in [0.1, 0.15) is 25.7 Å². The van der Waals surface area contributed by atoms with Gasteiger partial charge in [0.2, 0.25) is 11.9 Å². The molecule has 2 fully saturated rings. The minimum atomic E-state index is 0.0618. The van der Waals surface area contributed by atoms with Gasteiger partial charge in [0.1, 0.15) is 0 Å². The Morgan fingerprint density at radius 2 is 1.95 bits per heavy atom. The number of hydrogen-bond donors (Lipinski definition) is 1. The van der Waals surface area contributed by atoms with Gasteiger partial charge < -0.3 is 10.2 Å². The molecule has 2 aliphatic rings. The second-order valence-electron chi connectivity index (χ2n) is 6.03. The molecule has 3 rings (SSSR count). The van der Waals surface area contributed by atoms with Crippen molar-refractivity contribution in [3.8, 4) is 0 Å². The van der Waals surface area contributed by atoms with Crippen molar-refractivity contribution in [2.75, 3.05) is 31.6 Å². The monoisotopic (exact) mass is 323 g/mol. The number of rotatable bonds is 3. The second-order valence-corrected chi connectivity index (χ2v) is 6.46. The van der Waals surface area contributed by atoms with Crippen LogP contribution in [0.25, 0.3) is 0 Å². The van der Waals surface area contributed by atoms with E-state index in [2.05, 4.69) is 25.1 Å². The first-order valence-corrected chi connectivity index (χ1v) is 8.25. The van der Waals surface area contributed by atoms with Crippen molar-refractivity contribution in [3.05, 3.63) is 17.4 Å². The Hall–Kier alpha value is -1.40. The number of halogens is 1. The van der Waals surface area contributed by atoms with Crippen LogP contribution in [-0.4, -0.2) is 59.5 Å². The van der Waals surface area contributed by atoms with Crippen molar-refractivity contribution in [3.63, 3.8) is 0 Å². The van der Waals surface area contributed by atoms with Gasteiger partial charge in [-0.15, -0.1) is 0 Å². The Morgan fingerprint density at radius 3 is 2.59 bits per heavy atom. The number of piperidine rings is 2. The average Bonchev–Trinajstić information content (AvgIpc) is 2.56. The van der Waals surface area contributed by atoms with E-state index in [4.69, 9.17) is 11.6 Å². The van der Waals surface area contributed by atoms with Crippen molar-refractivity contribution in [1.82, 2.24) is 20.2 Å². The van der Waals surface area contributed by atoms with Gasteiger partial charge in [-0.25, -0.2) is 9.97 Å². The van der Waals surface area contributed by atoms with E-state index in [1.54, 1.807) is 12.4 Å². The molecule has 0 bridgehead atoms. The van der Waals surface area contributed by atoms with Crippen LogP contribution in [0, 0.1) is 0 Å². The van der Waals surface area contributed by atoms with Crippen LogP contribution >= 0.6 is 11.6 Å².